The van der Waals surface area contributed by atoms with Gasteiger partial charge in [-0.15, -0.1) is 0 Å². The van der Waals surface area contributed by atoms with Crippen LogP contribution in [0.3, 0.4) is 0 Å². The fourth-order valence-corrected chi connectivity index (χ4v) is 5.76. The third kappa shape index (κ3) is 4.82. The first-order valence-electron chi connectivity index (χ1n) is 13.9. The molecule has 1 unspecified atom stereocenters. The number of nitrogens with one attached hydrogen (secondary N) is 2. The number of aryl methyl sites for hydroxylation is 1. The van der Waals surface area contributed by atoms with E-state index < -0.39 is 29.7 Å². The van der Waals surface area contributed by atoms with Crippen LogP contribution < -0.4 is 10.6 Å². The first-order valence-corrected chi connectivity index (χ1v) is 13.9. The molecule has 1 saturated heterocycles. The molecule has 0 bridgehead atoms. The highest BCUT2D eigenvalue weighted by atomic mass is 16.2. The summed E-state index contributed by atoms with van der Waals surface area (Å²) in [5, 5.41) is 10.2. The van der Waals surface area contributed by atoms with E-state index in [0.29, 0.717) is 35.1 Å². The molecular weight excluding hydrogens is 538 g/mol. The van der Waals surface area contributed by atoms with Gasteiger partial charge in [-0.3, -0.25) is 43.9 Å². The maximum Gasteiger partial charge on any atom is 0.274 e. The normalized spacial score (nSPS) is 21.6. The van der Waals surface area contributed by atoms with E-state index in [0.717, 1.165) is 23.4 Å². The highest BCUT2D eigenvalue weighted by Gasteiger charge is 2.44. The summed E-state index contributed by atoms with van der Waals surface area (Å²) in [5.74, 6) is -1.92. The predicted octanol–water partition coefficient (Wildman–Crippen LogP) is 2.42. The van der Waals surface area contributed by atoms with Gasteiger partial charge >= 0.3 is 0 Å². The van der Waals surface area contributed by atoms with Crippen LogP contribution in [-0.2, 0) is 9.59 Å². The quantitative estimate of drug-likeness (QED) is 0.413. The van der Waals surface area contributed by atoms with Gasteiger partial charge < -0.3 is 10.2 Å². The summed E-state index contributed by atoms with van der Waals surface area (Å²) < 4.78 is 1.87. The lowest BCUT2D eigenvalue weighted by atomic mass is 9.80. The van der Waals surface area contributed by atoms with E-state index in [4.69, 9.17) is 0 Å². The average molecular weight is 570 g/mol. The molecule has 2 fully saturated rings. The Kier molecular flexibility index (Phi) is 6.83. The number of carbonyl (C=O) groups excluding carboxylic acids is 5. The number of hydrogen-bond acceptors (Lipinski definition) is 8. The van der Waals surface area contributed by atoms with Crippen molar-refractivity contribution in [2.75, 3.05) is 26.0 Å². The highest BCUT2D eigenvalue weighted by Crippen LogP contribution is 2.39. The predicted molar refractivity (Wildman–Crippen MR) is 152 cm³/mol. The Balaban J connectivity index is 1.10. The Morgan fingerprint density at radius 3 is 2.52 bits per heavy atom. The molecule has 2 aromatic heterocycles. The molecule has 3 aliphatic rings. The van der Waals surface area contributed by atoms with Crippen molar-refractivity contribution >= 4 is 35.2 Å². The van der Waals surface area contributed by atoms with E-state index in [1.54, 1.807) is 32.3 Å². The number of carbonyl (C=O) groups is 5. The van der Waals surface area contributed by atoms with E-state index in [1.807, 2.05) is 36.0 Å². The smallest absolute Gasteiger partial charge is 0.274 e. The second-order valence-corrected chi connectivity index (χ2v) is 11.3. The van der Waals surface area contributed by atoms with E-state index in [9.17, 15) is 24.0 Å². The summed E-state index contributed by atoms with van der Waals surface area (Å²) in [6, 6.07) is 9.86. The second kappa shape index (κ2) is 10.5. The topological polar surface area (TPSA) is 147 Å². The zero-order chi connectivity index (χ0) is 29.7. The summed E-state index contributed by atoms with van der Waals surface area (Å²) in [7, 11) is 3.41. The number of pyridine rings is 1. The molecule has 216 valence electrons. The number of rotatable bonds is 7. The lowest BCUT2D eigenvalue weighted by Gasteiger charge is -2.35. The summed E-state index contributed by atoms with van der Waals surface area (Å²) in [4.78, 5) is 69.8. The summed E-state index contributed by atoms with van der Waals surface area (Å²) in [5.41, 5.74) is 3.86. The fraction of sp³-hybridized carbons (Fsp3) is 0.367. The van der Waals surface area contributed by atoms with Crippen molar-refractivity contribution in [3.05, 3.63) is 65.1 Å². The number of benzene rings is 1. The third-order valence-corrected chi connectivity index (χ3v) is 8.12. The largest absolute Gasteiger partial charge is 0.385 e. The Labute approximate surface area is 242 Å². The average Bonchev–Trinajstić information content (AvgIpc) is 3.47. The number of fused-ring (bicyclic) bond motifs is 1. The van der Waals surface area contributed by atoms with E-state index in [-0.39, 0.29) is 35.9 Å². The zero-order valence-corrected chi connectivity index (χ0v) is 23.6. The molecular formula is C30H31N7O5. The first kappa shape index (κ1) is 27.3. The highest BCUT2D eigenvalue weighted by molar-refractivity contribution is 6.23. The molecule has 12 nitrogen and oxygen atoms in total. The maximum absolute atomic E-state index is 13.1. The van der Waals surface area contributed by atoms with Crippen LogP contribution in [0.25, 0.3) is 11.3 Å². The molecule has 0 radical (unpaired) electrons. The number of piperidine rings is 1. The van der Waals surface area contributed by atoms with Crippen LogP contribution in [0.15, 0.2) is 42.6 Å². The molecule has 4 heterocycles. The van der Waals surface area contributed by atoms with Crippen LogP contribution in [0.2, 0.25) is 0 Å². The molecule has 3 aromatic rings. The van der Waals surface area contributed by atoms with Crippen molar-refractivity contribution < 1.29 is 24.0 Å². The van der Waals surface area contributed by atoms with E-state index >= 15 is 0 Å². The minimum absolute atomic E-state index is 0.0783. The van der Waals surface area contributed by atoms with Crippen LogP contribution in [-0.4, -0.2) is 80.8 Å². The lowest BCUT2D eigenvalue weighted by molar-refractivity contribution is -0.136. The number of hydrogen-bond donors (Lipinski definition) is 2. The van der Waals surface area contributed by atoms with Crippen LogP contribution >= 0.6 is 0 Å². The van der Waals surface area contributed by atoms with Crippen molar-refractivity contribution in [2.24, 2.45) is 5.92 Å². The van der Waals surface area contributed by atoms with Gasteiger partial charge in [0.05, 0.1) is 28.4 Å². The van der Waals surface area contributed by atoms with Crippen LogP contribution in [0, 0.1) is 12.8 Å². The van der Waals surface area contributed by atoms with Crippen LogP contribution in [0.5, 0.6) is 0 Å². The van der Waals surface area contributed by atoms with Gasteiger partial charge in [-0.1, -0.05) is 6.07 Å². The van der Waals surface area contributed by atoms with Gasteiger partial charge in [0, 0.05) is 44.6 Å². The molecule has 1 aliphatic carbocycles. The van der Waals surface area contributed by atoms with E-state index in [2.05, 4.69) is 20.7 Å². The standard InChI is InChI=1S/C30H31N7O5/c1-16-5-4-6-23(32-16)22-15-36(34-26(22)30(42)35(2)3)19-11-17(12-19)14-31-18-7-8-20-21(13-18)29(41)37(28(20)40)24-9-10-25(38)33-27(24)39/h4-8,13,15,17,19,24,31H,9-12,14H2,1-3H3,(H,33,38,39). The maximum atomic E-state index is 13.1. The van der Waals surface area contributed by atoms with Gasteiger partial charge in [0.15, 0.2) is 5.69 Å². The summed E-state index contributed by atoms with van der Waals surface area (Å²) >= 11 is 0. The summed E-state index contributed by atoms with van der Waals surface area (Å²) in [6.45, 7) is 2.57. The van der Waals surface area contributed by atoms with Gasteiger partial charge in [-0.25, -0.2) is 0 Å². The Hall–Kier alpha value is -4.87. The fourth-order valence-electron chi connectivity index (χ4n) is 5.76. The van der Waals surface area contributed by atoms with Gasteiger partial charge in [0.2, 0.25) is 11.8 Å². The lowest BCUT2D eigenvalue weighted by Crippen LogP contribution is -2.54. The molecule has 2 aliphatic heterocycles. The minimum atomic E-state index is -0.989. The first-order chi connectivity index (χ1) is 20.1. The number of amides is 5. The van der Waals surface area contributed by atoms with Gasteiger partial charge in [0.25, 0.3) is 17.7 Å². The summed E-state index contributed by atoms with van der Waals surface area (Å²) in [6.07, 6.45) is 3.82. The van der Waals surface area contributed by atoms with Gasteiger partial charge in [-0.05, 0) is 62.4 Å². The van der Waals surface area contributed by atoms with Gasteiger partial charge in [-0.2, -0.15) is 5.10 Å². The Morgan fingerprint density at radius 2 is 1.81 bits per heavy atom. The van der Waals surface area contributed by atoms with Crippen molar-refractivity contribution in [3.63, 3.8) is 0 Å². The van der Waals surface area contributed by atoms with Crippen molar-refractivity contribution in [1.29, 1.82) is 0 Å². The van der Waals surface area contributed by atoms with Crippen LogP contribution in [0.1, 0.15) is 68.6 Å². The molecule has 12 heteroatoms. The van der Waals surface area contributed by atoms with Crippen LogP contribution in [0.4, 0.5) is 5.69 Å². The molecule has 2 N–H and O–H groups in total. The molecule has 6 rings (SSSR count). The molecule has 1 aromatic carbocycles. The molecule has 5 amide bonds. The number of anilines is 1. The second-order valence-electron chi connectivity index (χ2n) is 11.3. The van der Waals surface area contributed by atoms with E-state index in [1.165, 1.54) is 4.90 Å². The molecule has 42 heavy (non-hydrogen) atoms. The molecule has 1 atom stereocenters. The monoisotopic (exact) mass is 569 g/mol. The number of aromatic nitrogens is 3. The number of nitrogens with zero attached hydrogens (tertiary/aromatic N) is 5. The zero-order valence-electron chi connectivity index (χ0n) is 23.6. The molecule has 0 spiro atoms. The van der Waals surface area contributed by atoms with Crippen molar-refractivity contribution in [3.8, 4) is 11.3 Å². The number of imide groups is 2. The Morgan fingerprint density at radius 1 is 1.05 bits per heavy atom. The molecule has 1 saturated carbocycles. The minimum Gasteiger partial charge on any atom is -0.385 e. The van der Waals surface area contributed by atoms with Crippen molar-refractivity contribution in [1.82, 2.24) is 29.9 Å². The third-order valence-electron chi connectivity index (χ3n) is 8.12. The van der Waals surface area contributed by atoms with Gasteiger partial charge in [0.1, 0.15) is 6.04 Å². The SMILES string of the molecule is Cc1cccc(-c2cn(C3CC(CNc4ccc5c(c4)C(=O)N(C4CCC(=O)NC4=O)C5=O)C3)nc2C(=O)N(C)C)n1. The Bertz CT molecular complexity index is 1640. The van der Waals surface area contributed by atoms with Crippen molar-refractivity contribution in [2.45, 2.75) is 44.7 Å².